The summed E-state index contributed by atoms with van der Waals surface area (Å²) in [6.07, 6.45) is 0. The number of amides is 2. The van der Waals surface area contributed by atoms with Gasteiger partial charge in [0.2, 0.25) is 5.91 Å². The van der Waals surface area contributed by atoms with Crippen molar-refractivity contribution in [3.8, 4) is 0 Å². The Morgan fingerprint density at radius 1 is 1.31 bits per heavy atom. The summed E-state index contributed by atoms with van der Waals surface area (Å²) in [5, 5.41) is 2.88. The summed E-state index contributed by atoms with van der Waals surface area (Å²) in [6, 6.07) is 6.70. The van der Waals surface area contributed by atoms with Gasteiger partial charge in [0.25, 0.3) is 5.91 Å². The molecular weight excluding hydrogens is 228 g/mol. The molecule has 0 fully saturated rings. The molecule has 1 aromatic carbocycles. The van der Waals surface area contributed by atoms with Gasteiger partial charge in [-0.2, -0.15) is 0 Å². The van der Waals surface area contributed by atoms with Gasteiger partial charge in [-0.25, -0.2) is 0 Å². The first-order valence-corrected chi connectivity index (χ1v) is 5.13. The first-order chi connectivity index (χ1) is 7.52. The van der Waals surface area contributed by atoms with E-state index < -0.39 is 0 Å². The molecule has 0 saturated heterocycles. The zero-order valence-electron chi connectivity index (χ0n) is 9.16. The molecule has 0 aliphatic carbocycles. The molecule has 0 unspecified atom stereocenters. The van der Waals surface area contributed by atoms with Gasteiger partial charge in [-0.05, 0) is 12.1 Å². The van der Waals surface area contributed by atoms with Crippen LogP contribution in [0, 0.1) is 0 Å². The molecule has 1 N–H and O–H groups in total. The van der Waals surface area contributed by atoms with E-state index in [-0.39, 0.29) is 18.4 Å². The third-order valence-corrected chi connectivity index (χ3v) is 2.35. The Balaban J connectivity index is 2.60. The number of nitrogens with one attached hydrogen (secondary N) is 1. The van der Waals surface area contributed by atoms with Crippen LogP contribution in [0.4, 0.5) is 0 Å². The van der Waals surface area contributed by atoms with Crippen molar-refractivity contribution in [2.75, 3.05) is 20.6 Å². The molecule has 0 aliphatic heterocycles. The van der Waals surface area contributed by atoms with Gasteiger partial charge in [0, 0.05) is 14.1 Å². The number of halogens is 1. The minimum Gasteiger partial charge on any atom is -0.347 e. The smallest absolute Gasteiger partial charge is 0.253 e. The molecular formula is C11H13ClN2O2. The van der Waals surface area contributed by atoms with Crippen LogP contribution in [0.2, 0.25) is 5.02 Å². The van der Waals surface area contributed by atoms with Crippen LogP contribution in [-0.2, 0) is 4.79 Å². The van der Waals surface area contributed by atoms with Gasteiger partial charge in [-0.1, -0.05) is 23.7 Å². The van der Waals surface area contributed by atoms with Crippen molar-refractivity contribution >= 4 is 23.4 Å². The van der Waals surface area contributed by atoms with Crippen molar-refractivity contribution in [2.24, 2.45) is 0 Å². The second kappa shape index (κ2) is 5.51. The van der Waals surface area contributed by atoms with Crippen LogP contribution >= 0.6 is 11.6 Å². The molecule has 1 aromatic rings. The molecule has 0 spiro atoms. The summed E-state index contributed by atoms with van der Waals surface area (Å²) in [4.78, 5) is 24.3. The standard InChI is InChI=1S/C11H13ClN2O2/c1-14(2)10(15)7-13-11(16)8-5-3-4-6-9(8)12/h3-6H,7H2,1-2H3,(H,13,16). The van der Waals surface area contributed by atoms with Crippen LogP contribution < -0.4 is 5.32 Å². The fourth-order valence-corrected chi connectivity index (χ4v) is 1.28. The van der Waals surface area contributed by atoms with Crippen molar-refractivity contribution in [1.82, 2.24) is 10.2 Å². The number of hydrogen-bond donors (Lipinski definition) is 1. The van der Waals surface area contributed by atoms with Crippen LogP contribution in [0.15, 0.2) is 24.3 Å². The summed E-state index contributed by atoms with van der Waals surface area (Å²) < 4.78 is 0. The lowest BCUT2D eigenvalue weighted by Gasteiger charge is -2.11. The molecule has 0 radical (unpaired) electrons. The number of benzene rings is 1. The molecule has 0 atom stereocenters. The zero-order valence-corrected chi connectivity index (χ0v) is 9.91. The van der Waals surface area contributed by atoms with E-state index in [4.69, 9.17) is 11.6 Å². The van der Waals surface area contributed by atoms with Crippen molar-refractivity contribution < 1.29 is 9.59 Å². The molecule has 0 heterocycles. The molecule has 4 nitrogen and oxygen atoms in total. The SMILES string of the molecule is CN(C)C(=O)CNC(=O)c1ccccc1Cl. The number of carbonyl (C=O) groups excluding carboxylic acids is 2. The van der Waals surface area contributed by atoms with Gasteiger partial charge in [-0.15, -0.1) is 0 Å². The molecule has 5 heteroatoms. The Morgan fingerprint density at radius 2 is 1.94 bits per heavy atom. The molecule has 0 aromatic heterocycles. The van der Waals surface area contributed by atoms with E-state index in [1.165, 1.54) is 4.90 Å². The highest BCUT2D eigenvalue weighted by atomic mass is 35.5. The highest BCUT2D eigenvalue weighted by Gasteiger charge is 2.11. The highest BCUT2D eigenvalue weighted by molar-refractivity contribution is 6.33. The van der Waals surface area contributed by atoms with E-state index >= 15 is 0 Å². The lowest BCUT2D eigenvalue weighted by Crippen LogP contribution is -2.36. The average molecular weight is 241 g/mol. The van der Waals surface area contributed by atoms with E-state index in [1.807, 2.05) is 0 Å². The van der Waals surface area contributed by atoms with Crippen molar-refractivity contribution in [1.29, 1.82) is 0 Å². The fraction of sp³-hybridized carbons (Fsp3) is 0.273. The largest absolute Gasteiger partial charge is 0.347 e. The van der Waals surface area contributed by atoms with Crippen LogP contribution in [0.25, 0.3) is 0 Å². The second-order valence-corrected chi connectivity index (χ2v) is 3.86. The van der Waals surface area contributed by atoms with Gasteiger partial charge in [0.1, 0.15) is 0 Å². The first-order valence-electron chi connectivity index (χ1n) is 4.75. The molecule has 16 heavy (non-hydrogen) atoms. The normalized spacial score (nSPS) is 9.69. The lowest BCUT2D eigenvalue weighted by atomic mass is 10.2. The van der Waals surface area contributed by atoms with Crippen molar-refractivity contribution in [3.63, 3.8) is 0 Å². The Hall–Kier alpha value is -1.55. The number of likely N-dealkylation sites (N-methyl/N-ethyl adjacent to an activating group) is 1. The molecule has 86 valence electrons. The number of nitrogens with zero attached hydrogens (tertiary/aromatic N) is 1. The maximum absolute atomic E-state index is 11.6. The van der Waals surface area contributed by atoms with Gasteiger partial charge in [-0.3, -0.25) is 9.59 Å². The van der Waals surface area contributed by atoms with Gasteiger partial charge in [0.05, 0.1) is 17.1 Å². The van der Waals surface area contributed by atoms with E-state index in [0.29, 0.717) is 10.6 Å². The van der Waals surface area contributed by atoms with Gasteiger partial charge in [0.15, 0.2) is 0 Å². The van der Waals surface area contributed by atoms with E-state index in [2.05, 4.69) is 5.32 Å². The summed E-state index contributed by atoms with van der Waals surface area (Å²) in [5.41, 5.74) is 0.371. The number of rotatable bonds is 3. The maximum Gasteiger partial charge on any atom is 0.253 e. The quantitative estimate of drug-likeness (QED) is 0.862. The maximum atomic E-state index is 11.6. The Morgan fingerprint density at radius 3 is 2.50 bits per heavy atom. The molecule has 2 amide bonds. The van der Waals surface area contributed by atoms with Crippen LogP contribution in [0.3, 0.4) is 0 Å². The fourth-order valence-electron chi connectivity index (χ4n) is 1.05. The minimum absolute atomic E-state index is 0.0307. The van der Waals surface area contributed by atoms with Gasteiger partial charge < -0.3 is 10.2 Å². The summed E-state index contributed by atoms with van der Waals surface area (Å²) in [6.45, 7) is -0.0307. The summed E-state index contributed by atoms with van der Waals surface area (Å²) in [5.74, 6) is -0.513. The molecule has 0 bridgehead atoms. The first kappa shape index (κ1) is 12.5. The van der Waals surface area contributed by atoms with E-state index in [1.54, 1.807) is 38.4 Å². The summed E-state index contributed by atoms with van der Waals surface area (Å²) in [7, 11) is 3.26. The third-order valence-electron chi connectivity index (χ3n) is 2.02. The van der Waals surface area contributed by atoms with Crippen molar-refractivity contribution in [2.45, 2.75) is 0 Å². The van der Waals surface area contributed by atoms with Gasteiger partial charge >= 0.3 is 0 Å². The Kier molecular flexibility index (Phi) is 4.31. The van der Waals surface area contributed by atoms with Crippen LogP contribution in [0.1, 0.15) is 10.4 Å². The van der Waals surface area contributed by atoms with Crippen LogP contribution in [-0.4, -0.2) is 37.4 Å². The Labute approximate surface area is 99.2 Å². The van der Waals surface area contributed by atoms with E-state index in [9.17, 15) is 9.59 Å². The second-order valence-electron chi connectivity index (χ2n) is 3.45. The van der Waals surface area contributed by atoms with Crippen molar-refractivity contribution in [3.05, 3.63) is 34.9 Å². The highest BCUT2D eigenvalue weighted by Crippen LogP contribution is 2.14. The monoisotopic (exact) mass is 240 g/mol. The average Bonchev–Trinajstić information content (AvgIpc) is 2.25. The van der Waals surface area contributed by atoms with E-state index in [0.717, 1.165) is 0 Å². The molecule has 1 rings (SSSR count). The zero-order chi connectivity index (χ0) is 12.1. The number of hydrogen-bond acceptors (Lipinski definition) is 2. The Bertz CT molecular complexity index is 405. The third kappa shape index (κ3) is 3.24. The van der Waals surface area contributed by atoms with Crippen LogP contribution in [0.5, 0.6) is 0 Å². The predicted octanol–water partition coefficient (Wildman–Crippen LogP) is 1.16. The molecule has 0 saturated carbocycles. The minimum atomic E-state index is -0.346. The molecule has 0 aliphatic rings. The predicted molar refractivity (Wildman–Crippen MR) is 62.5 cm³/mol. The lowest BCUT2D eigenvalue weighted by molar-refractivity contribution is -0.127. The number of carbonyl (C=O) groups is 2. The topological polar surface area (TPSA) is 49.4 Å². The summed E-state index contributed by atoms with van der Waals surface area (Å²) >= 11 is 5.84.